The molecule has 0 fully saturated rings. The molecule has 0 aromatic heterocycles. The Morgan fingerprint density at radius 1 is 1.31 bits per heavy atom. The van der Waals surface area contributed by atoms with Crippen LogP contribution in [0.4, 0.5) is 4.39 Å². The van der Waals surface area contributed by atoms with Crippen LogP contribution in [0, 0.1) is 5.41 Å². The summed E-state index contributed by atoms with van der Waals surface area (Å²) in [5.41, 5.74) is 15.4. The Labute approximate surface area is 76.0 Å². The molecule has 5 nitrogen and oxygen atoms in total. The molecule has 13 heavy (non-hydrogen) atoms. The number of rotatable bonds is 6. The molecule has 0 saturated carbocycles. The maximum atomic E-state index is 11.9. The molecule has 0 aliphatic carbocycles. The molecule has 0 rings (SSSR count). The highest BCUT2D eigenvalue weighted by Gasteiger charge is 2.14. The molecule has 6 heteroatoms. The van der Waals surface area contributed by atoms with Crippen molar-refractivity contribution < 1.29 is 9.18 Å². The predicted octanol–water partition coefficient (Wildman–Crippen LogP) is -1.10. The van der Waals surface area contributed by atoms with Gasteiger partial charge in [0.25, 0.3) is 0 Å². The predicted molar refractivity (Wildman–Crippen MR) is 48.1 cm³/mol. The Morgan fingerprint density at radius 3 is 2.15 bits per heavy atom. The van der Waals surface area contributed by atoms with E-state index in [9.17, 15) is 9.18 Å². The minimum Gasteiger partial charge on any atom is -0.368 e. The van der Waals surface area contributed by atoms with Gasteiger partial charge >= 0.3 is 0 Å². The summed E-state index contributed by atoms with van der Waals surface area (Å²) < 4.78 is 11.9. The fourth-order valence-electron chi connectivity index (χ4n) is 0.775. The number of alkyl halides is 1. The Bertz CT molecular complexity index is 197. The van der Waals surface area contributed by atoms with Crippen LogP contribution in [-0.2, 0) is 4.79 Å². The Balaban J connectivity index is 3.76. The number of halogens is 1. The van der Waals surface area contributed by atoms with Crippen LogP contribution in [0.1, 0.15) is 12.8 Å². The molecule has 0 heterocycles. The highest BCUT2D eigenvalue weighted by Crippen LogP contribution is 1.99. The second kappa shape index (κ2) is 5.60. The fourth-order valence-corrected chi connectivity index (χ4v) is 0.775. The van der Waals surface area contributed by atoms with E-state index in [0.717, 1.165) is 0 Å². The quantitative estimate of drug-likeness (QED) is 0.398. The second-order valence-electron chi connectivity index (χ2n) is 2.85. The van der Waals surface area contributed by atoms with Crippen molar-refractivity contribution in [2.75, 3.05) is 6.67 Å². The molecule has 0 aliphatic heterocycles. The SMILES string of the molecule is N=C(CF)C(N)CC[C@H](N)C(N)=O. The zero-order valence-corrected chi connectivity index (χ0v) is 7.29. The second-order valence-corrected chi connectivity index (χ2v) is 2.85. The maximum Gasteiger partial charge on any atom is 0.234 e. The minimum atomic E-state index is -0.868. The third-order valence-corrected chi connectivity index (χ3v) is 1.75. The van der Waals surface area contributed by atoms with E-state index < -0.39 is 24.7 Å². The van der Waals surface area contributed by atoms with Gasteiger partial charge in [-0.2, -0.15) is 0 Å². The van der Waals surface area contributed by atoms with Crippen LogP contribution in [0.3, 0.4) is 0 Å². The van der Waals surface area contributed by atoms with Crippen molar-refractivity contribution in [1.82, 2.24) is 0 Å². The summed E-state index contributed by atoms with van der Waals surface area (Å²) in [6.45, 7) is -0.868. The average molecular weight is 190 g/mol. The zero-order chi connectivity index (χ0) is 10.4. The molecular formula is C7H15FN4O. The van der Waals surface area contributed by atoms with Gasteiger partial charge in [0.1, 0.15) is 6.67 Å². The van der Waals surface area contributed by atoms with E-state index in [1.54, 1.807) is 0 Å². The summed E-state index contributed by atoms with van der Waals surface area (Å²) in [6.07, 6.45) is 0.575. The van der Waals surface area contributed by atoms with Crippen molar-refractivity contribution in [2.45, 2.75) is 24.9 Å². The zero-order valence-electron chi connectivity index (χ0n) is 7.29. The van der Waals surface area contributed by atoms with Crippen LogP contribution < -0.4 is 17.2 Å². The van der Waals surface area contributed by atoms with Crippen LogP contribution in [0.25, 0.3) is 0 Å². The Kier molecular flexibility index (Phi) is 5.17. The fraction of sp³-hybridized carbons (Fsp3) is 0.714. The number of nitrogens with one attached hydrogen (secondary N) is 1. The van der Waals surface area contributed by atoms with Crippen molar-refractivity contribution >= 4 is 11.6 Å². The number of amides is 1. The largest absolute Gasteiger partial charge is 0.368 e. The third kappa shape index (κ3) is 4.54. The summed E-state index contributed by atoms with van der Waals surface area (Å²) in [4.78, 5) is 10.5. The number of primary amides is 1. The van der Waals surface area contributed by atoms with Crippen molar-refractivity contribution in [3.8, 4) is 0 Å². The van der Waals surface area contributed by atoms with Gasteiger partial charge in [0.05, 0.1) is 11.8 Å². The van der Waals surface area contributed by atoms with Crippen molar-refractivity contribution in [3.63, 3.8) is 0 Å². The number of hydrogen-bond acceptors (Lipinski definition) is 4. The lowest BCUT2D eigenvalue weighted by Crippen LogP contribution is -2.39. The van der Waals surface area contributed by atoms with Crippen LogP contribution in [0.15, 0.2) is 0 Å². The van der Waals surface area contributed by atoms with Gasteiger partial charge in [-0.25, -0.2) is 4.39 Å². The summed E-state index contributed by atoms with van der Waals surface area (Å²) in [5.74, 6) is -0.612. The summed E-state index contributed by atoms with van der Waals surface area (Å²) in [6, 6.07) is -1.44. The molecule has 0 bridgehead atoms. The normalized spacial score (nSPS) is 15.0. The molecule has 0 aromatic carbocycles. The molecular weight excluding hydrogens is 175 g/mol. The third-order valence-electron chi connectivity index (χ3n) is 1.75. The number of hydrogen-bond donors (Lipinski definition) is 4. The first kappa shape index (κ1) is 12.0. The van der Waals surface area contributed by atoms with Gasteiger partial charge < -0.3 is 22.6 Å². The molecule has 7 N–H and O–H groups in total. The molecule has 1 unspecified atom stereocenters. The summed E-state index contributed by atoms with van der Waals surface area (Å²) in [5, 5.41) is 7.04. The van der Waals surface area contributed by atoms with Gasteiger partial charge in [-0.15, -0.1) is 0 Å². The minimum absolute atomic E-state index is 0.184. The molecule has 0 spiro atoms. The topological polar surface area (TPSA) is 119 Å². The Morgan fingerprint density at radius 2 is 1.77 bits per heavy atom. The van der Waals surface area contributed by atoms with Gasteiger partial charge in [0.15, 0.2) is 0 Å². The van der Waals surface area contributed by atoms with E-state index in [4.69, 9.17) is 22.6 Å². The van der Waals surface area contributed by atoms with E-state index in [1.165, 1.54) is 0 Å². The number of carbonyl (C=O) groups excluding carboxylic acids is 1. The number of nitrogens with two attached hydrogens (primary N) is 3. The van der Waals surface area contributed by atoms with Gasteiger partial charge in [-0.05, 0) is 12.8 Å². The Hall–Kier alpha value is -1.01. The van der Waals surface area contributed by atoms with E-state index in [2.05, 4.69) is 0 Å². The van der Waals surface area contributed by atoms with Crippen LogP contribution in [-0.4, -0.2) is 30.4 Å². The van der Waals surface area contributed by atoms with E-state index in [1.807, 2.05) is 0 Å². The lowest BCUT2D eigenvalue weighted by atomic mass is 10.0. The molecule has 0 saturated heterocycles. The summed E-state index contributed by atoms with van der Waals surface area (Å²) >= 11 is 0. The first-order valence-corrected chi connectivity index (χ1v) is 3.92. The van der Waals surface area contributed by atoms with Gasteiger partial charge in [0.2, 0.25) is 5.91 Å². The van der Waals surface area contributed by atoms with Crippen LogP contribution in [0.5, 0.6) is 0 Å². The van der Waals surface area contributed by atoms with Crippen LogP contribution in [0.2, 0.25) is 0 Å². The molecule has 76 valence electrons. The maximum absolute atomic E-state index is 11.9. The molecule has 0 aromatic rings. The highest BCUT2D eigenvalue weighted by molar-refractivity contribution is 5.87. The van der Waals surface area contributed by atoms with E-state index in [-0.39, 0.29) is 12.1 Å². The first-order valence-electron chi connectivity index (χ1n) is 3.92. The number of carbonyl (C=O) groups is 1. The first-order chi connectivity index (χ1) is 5.99. The summed E-state index contributed by atoms with van der Waals surface area (Å²) in [7, 11) is 0. The lowest BCUT2D eigenvalue weighted by Gasteiger charge is -2.12. The van der Waals surface area contributed by atoms with E-state index >= 15 is 0 Å². The average Bonchev–Trinajstić information content (AvgIpc) is 2.11. The van der Waals surface area contributed by atoms with Crippen LogP contribution >= 0.6 is 0 Å². The van der Waals surface area contributed by atoms with Crippen molar-refractivity contribution in [2.24, 2.45) is 17.2 Å². The molecule has 2 atom stereocenters. The smallest absolute Gasteiger partial charge is 0.234 e. The monoisotopic (exact) mass is 190 g/mol. The molecule has 0 radical (unpaired) electrons. The van der Waals surface area contributed by atoms with E-state index in [0.29, 0.717) is 6.42 Å². The van der Waals surface area contributed by atoms with Crippen molar-refractivity contribution in [3.05, 3.63) is 0 Å². The lowest BCUT2D eigenvalue weighted by molar-refractivity contribution is -0.119. The van der Waals surface area contributed by atoms with Gasteiger partial charge in [0, 0.05) is 6.04 Å². The highest BCUT2D eigenvalue weighted by atomic mass is 19.1. The molecule has 1 amide bonds. The van der Waals surface area contributed by atoms with Gasteiger partial charge in [-0.1, -0.05) is 0 Å². The van der Waals surface area contributed by atoms with Gasteiger partial charge in [-0.3, -0.25) is 4.79 Å². The molecule has 0 aliphatic rings. The van der Waals surface area contributed by atoms with Crippen molar-refractivity contribution in [1.29, 1.82) is 5.41 Å². The standard InChI is InChI=1S/C7H15FN4O/c8-3-6(11)4(9)1-2-5(10)7(12)13/h4-5,11H,1-3,9-10H2,(H2,12,13)/t4?,5-/m0/s1.